The molecule has 0 spiro atoms. The number of nitrogens with zero attached hydrogens (tertiary/aromatic N) is 2. The number of hydrogen-bond acceptors (Lipinski definition) is 3. The third-order valence-corrected chi connectivity index (χ3v) is 5.09. The van der Waals surface area contributed by atoms with Crippen LogP contribution in [0.3, 0.4) is 0 Å². The number of urea groups is 1. The molecule has 6 nitrogen and oxygen atoms in total. The number of carbonyl (C=O) groups excluding carboxylic acids is 1. The zero-order chi connectivity index (χ0) is 17.9. The summed E-state index contributed by atoms with van der Waals surface area (Å²) in [5.74, 6) is 0.934. The van der Waals surface area contributed by atoms with Crippen molar-refractivity contribution in [1.29, 1.82) is 0 Å². The quantitative estimate of drug-likeness (QED) is 0.782. The van der Waals surface area contributed by atoms with Crippen molar-refractivity contribution >= 4 is 6.03 Å². The van der Waals surface area contributed by atoms with E-state index in [0.29, 0.717) is 0 Å². The average Bonchev–Trinajstić information content (AvgIpc) is 3.24. The summed E-state index contributed by atoms with van der Waals surface area (Å²) in [4.78, 5) is 16.5. The highest BCUT2D eigenvalue weighted by Crippen LogP contribution is 2.29. The van der Waals surface area contributed by atoms with Crippen molar-refractivity contribution in [3.63, 3.8) is 0 Å². The van der Waals surface area contributed by atoms with Crippen molar-refractivity contribution in [2.75, 3.05) is 6.61 Å². The van der Waals surface area contributed by atoms with Crippen LogP contribution in [0, 0.1) is 6.92 Å². The maximum atomic E-state index is 12.3. The summed E-state index contributed by atoms with van der Waals surface area (Å²) < 4.78 is 2.01. The van der Waals surface area contributed by atoms with Gasteiger partial charge in [-0.25, -0.2) is 9.78 Å². The van der Waals surface area contributed by atoms with Gasteiger partial charge in [-0.3, -0.25) is 0 Å². The lowest BCUT2D eigenvalue weighted by Gasteiger charge is -2.29. The minimum Gasteiger partial charge on any atom is -0.394 e. The summed E-state index contributed by atoms with van der Waals surface area (Å²) in [5, 5.41) is 15.5. The molecule has 134 valence electrons. The number of benzene rings is 1. The highest BCUT2D eigenvalue weighted by atomic mass is 16.3. The van der Waals surface area contributed by atoms with Crippen molar-refractivity contribution in [2.24, 2.45) is 0 Å². The first-order chi connectivity index (χ1) is 12.0. The fourth-order valence-corrected chi connectivity index (χ4v) is 3.51. The molecule has 2 aromatic rings. The normalized spacial score (nSPS) is 17.2. The van der Waals surface area contributed by atoms with E-state index >= 15 is 0 Å². The van der Waals surface area contributed by atoms with Gasteiger partial charge < -0.3 is 20.3 Å². The lowest BCUT2D eigenvalue weighted by atomic mass is 9.99. The molecule has 1 aliphatic rings. The smallest absolute Gasteiger partial charge is 0.315 e. The summed E-state index contributed by atoms with van der Waals surface area (Å²) in [6.07, 6.45) is 7.47. The van der Waals surface area contributed by atoms with E-state index in [9.17, 15) is 9.90 Å². The topological polar surface area (TPSA) is 79.2 Å². The van der Waals surface area contributed by atoms with Gasteiger partial charge in [-0.2, -0.15) is 0 Å². The van der Waals surface area contributed by atoms with E-state index in [1.165, 1.54) is 0 Å². The van der Waals surface area contributed by atoms with Gasteiger partial charge in [0.15, 0.2) is 0 Å². The molecule has 1 aromatic carbocycles. The van der Waals surface area contributed by atoms with E-state index in [4.69, 9.17) is 0 Å². The maximum Gasteiger partial charge on any atom is 0.315 e. The largest absolute Gasteiger partial charge is 0.394 e. The molecule has 0 aliphatic heterocycles. The summed E-state index contributed by atoms with van der Waals surface area (Å²) >= 11 is 0. The van der Waals surface area contributed by atoms with Crippen LogP contribution in [0.2, 0.25) is 0 Å². The molecule has 25 heavy (non-hydrogen) atoms. The predicted octanol–water partition coefficient (Wildman–Crippen LogP) is 2.85. The van der Waals surface area contributed by atoms with Crippen molar-refractivity contribution in [1.82, 2.24) is 20.2 Å². The molecule has 1 atom stereocenters. The Hall–Kier alpha value is -2.34. The van der Waals surface area contributed by atoms with Crippen LogP contribution in [0.25, 0.3) is 5.69 Å². The number of imidazole rings is 1. The number of aromatic nitrogens is 2. The second kappa shape index (κ2) is 7.27. The molecule has 6 heteroatoms. The van der Waals surface area contributed by atoms with Crippen LogP contribution < -0.4 is 10.6 Å². The van der Waals surface area contributed by atoms with E-state index in [2.05, 4.69) is 15.6 Å². The number of rotatable bonds is 5. The Morgan fingerprint density at radius 1 is 1.32 bits per heavy atom. The Morgan fingerprint density at radius 3 is 2.56 bits per heavy atom. The molecule has 0 radical (unpaired) electrons. The lowest BCUT2D eigenvalue weighted by Crippen LogP contribution is -2.53. The van der Waals surface area contributed by atoms with Gasteiger partial charge in [0.05, 0.1) is 18.2 Å². The van der Waals surface area contributed by atoms with E-state index in [1.807, 2.05) is 48.9 Å². The fourth-order valence-electron chi connectivity index (χ4n) is 3.51. The number of aliphatic hydroxyl groups excluding tert-OH is 1. The van der Waals surface area contributed by atoms with E-state index in [0.717, 1.165) is 42.8 Å². The number of aliphatic hydroxyl groups is 1. The first kappa shape index (κ1) is 17.5. The fraction of sp³-hybridized carbons (Fsp3) is 0.474. The van der Waals surface area contributed by atoms with Gasteiger partial charge in [-0.05, 0) is 44.4 Å². The summed E-state index contributed by atoms with van der Waals surface area (Å²) in [7, 11) is 0. The van der Waals surface area contributed by atoms with Crippen LogP contribution in [-0.2, 0) is 0 Å². The van der Waals surface area contributed by atoms with Crippen LogP contribution in [0.5, 0.6) is 0 Å². The monoisotopic (exact) mass is 342 g/mol. The van der Waals surface area contributed by atoms with E-state index in [-0.39, 0.29) is 18.7 Å². The van der Waals surface area contributed by atoms with Crippen LogP contribution >= 0.6 is 0 Å². The third kappa shape index (κ3) is 3.85. The van der Waals surface area contributed by atoms with Gasteiger partial charge >= 0.3 is 6.03 Å². The number of hydrogen-bond donors (Lipinski definition) is 3. The molecule has 2 amide bonds. The minimum absolute atomic E-state index is 0.00620. The Labute approximate surface area is 148 Å². The van der Waals surface area contributed by atoms with Crippen molar-refractivity contribution in [3.8, 4) is 5.69 Å². The van der Waals surface area contributed by atoms with Gasteiger partial charge in [0, 0.05) is 18.1 Å². The predicted molar refractivity (Wildman–Crippen MR) is 96.7 cm³/mol. The first-order valence-corrected chi connectivity index (χ1v) is 8.83. The second-order valence-corrected chi connectivity index (χ2v) is 6.90. The number of nitrogens with one attached hydrogen (secondary N) is 2. The molecular formula is C19H26N4O2. The molecular weight excluding hydrogens is 316 g/mol. The van der Waals surface area contributed by atoms with Gasteiger partial charge in [-0.1, -0.05) is 25.0 Å². The van der Waals surface area contributed by atoms with Crippen LogP contribution in [0.1, 0.15) is 50.0 Å². The zero-order valence-electron chi connectivity index (χ0n) is 14.8. The van der Waals surface area contributed by atoms with E-state index in [1.54, 1.807) is 6.20 Å². The van der Waals surface area contributed by atoms with Crippen LogP contribution in [-0.4, -0.2) is 32.8 Å². The molecule has 1 aliphatic carbocycles. The van der Waals surface area contributed by atoms with Gasteiger partial charge in [-0.15, -0.1) is 0 Å². The summed E-state index contributed by atoms with van der Waals surface area (Å²) in [5.41, 5.74) is 1.62. The van der Waals surface area contributed by atoms with Gasteiger partial charge in [0.2, 0.25) is 0 Å². The number of aryl methyl sites for hydroxylation is 1. The molecule has 3 N–H and O–H groups in total. The van der Waals surface area contributed by atoms with Crippen molar-refractivity contribution in [2.45, 2.75) is 51.1 Å². The Kier molecular flexibility index (Phi) is 5.08. The number of amides is 2. The summed E-state index contributed by atoms with van der Waals surface area (Å²) in [6, 6.07) is 7.72. The van der Waals surface area contributed by atoms with Crippen molar-refractivity contribution in [3.05, 3.63) is 48.0 Å². The van der Waals surface area contributed by atoms with Crippen molar-refractivity contribution < 1.29 is 9.90 Å². The van der Waals surface area contributed by atoms with Crippen LogP contribution in [0.4, 0.5) is 4.79 Å². The Morgan fingerprint density at radius 2 is 2.00 bits per heavy atom. The minimum atomic E-state index is -0.452. The SMILES string of the molecule is Cc1nccn1-c1ccc(C(C)NC(=O)NC2(CO)CCCC2)cc1. The zero-order valence-corrected chi connectivity index (χ0v) is 14.8. The molecule has 1 fully saturated rings. The standard InChI is InChI=1S/C19H26N4O2/c1-14(21-18(25)22-19(13-24)9-3-4-10-19)16-5-7-17(8-6-16)23-12-11-20-15(23)2/h5-8,11-12,14,24H,3-4,9-10,13H2,1-2H3,(H2,21,22,25). The number of carbonyl (C=O) groups is 1. The third-order valence-electron chi connectivity index (χ3n) is 5.09. The molecule has 1 heterocycles. The lowest BCUT2D eigenvalue weighted by molar-refractivity contribution is 0.162. The second-order valence-electron chi connectivity index (χ2n) is 6.90. The highest BCUT2D eigenvalue weighted by molar-refractivity contribution is 5.75. The molecule has 1 aromatic heterocycles. The average molecular weight is 342 g/mol. The van der Waals surface area contributed by atoms with E-state index < -0.39 is 5.54 Å². The van der Waals surface area contributed by atoms with Gasteiger partial charge in [0.25, 0.3) is 0 Å². The first-order valence-electron chi connectivity index (χ1n) is 8.83. The van der Waals surface area contributed by atoms with Crippen LogP contribution in [0.15, 0.2) is 36.7 Å². The molecule has 1 saturated carbocycles. The molecule has 0 saturated heterocycles. The molecule has 1 unspecified atom stereocenters. The highest BCUT2D eigenvalue weighted by Gasteiger charge is 2.34. The maximum absolute atomic E-state index is 12.3. The Bertz CT molecular complexity index is 717. The molecule has 3 rings (SSSR count). The Balaban J connectivity index is 1.62. The van der Waals surface area contributed by atoms with Gasteiger partial charge in [0.1, 0.15) is 5.82 Å². The summed E-state index contributed by atoms with van der Waals surface area (Å²) in [6.45, 7) is 3.91. The molecule has 0 bridgehead atoms.